The van der Waals surface area contributed by atoms with Gasteiger partial charge in [-0.3, -0.25) is 9.59 Å². The van der Waals surface area contributed by atoms with Crippen LogP contribution in [0.1, 0.15) is 32.1 Å². The Labute approximate surface area is 94.1 Å². The lowest BCUT2D eigenvalue weighted by Gasteiger charge is -2.36. The molecule has 2 spiro atoms. The van der Waals surface area contributed by atoms with E-state index in [0.29, 0.717) is 13.0 Å². The molecule has 0 aromatic rings. The first-order valence-electron chi connectivity index (χ1n) is 5.91. The Balaban J connectivity index is 1.75. The summed E-state index contributed by atoms with van der Waals surface area (Å²) in [7, 11) is 0. The SMILES string of the molecule is NC(=O)[C@@H]1C[C@@]2(CCC3(CC3)NC2=O)CN1. The highest BCUT2D eigenvalue weighted by atomic mass is 16.2. The maximum atomic E-state index is 12.1. The van der Waals surface area contributed by atoms with E-state index in [1.165, 1.54) is 0 Å². The molecular weight excluding hydrogens is 206 g/mol. The van der Waals surface area contributed by atoms with E-state index in [0.717, 1.165) is 25.7 Å². The zero-order valence-corrected chi connectivity index (χ0v) is 9.21. The topological polar surface area (TPSA) is 84.2 Å². The highest BCUT2D eigenvalue weighted by Gasteiger charge is 2.56. The summed E-state index contributed by atoms with van der Waals surface area (Å²) in [5.74, 6) is -0.233. The van der Waals surface area contributed by atoms with Crippen LogP contribution in [0, 0.1) is 5.41 Å². The first-order chi connectivity index (χ1) is 7.55. The number of hydrogen-bond donors (Lipinski definition) is 3. The van der Waals surface area contributed by atoms with Gasteiger partial charge in [0.1, 0.15) is 0 Å². The van der Waals surface area contributed by atoms with E-state index in [1.54, 1.807) is 0 Å². The van der Waals surface area contributed by atoms with Crippen LogP contribution in [0.5, 0.6) is 0 Å². The van der Waals surface area contributed by atoms with Crippen molar-refractivity contribution in [3.8, 4) is 0 Å². The van der Waals surface area contributed by atoms with E-state index in [-0.39, 0.29) is 28.8 Å². The second-order valence-electron chi connectivity index (χ2n) is 5.55. The summed E-state index contributed by atoms with van der Waals surface area (Å²) in [5, 5.41) is 6.19. The molecule has 5 heteroatoms. The first kappa shape index (κ1) is 10.1. The van der Waals surface area contributed by atoms with Crippen LogP contribution in [0.25, 0.3) is 0 Å². The molecule has 3 rings (SSSR count). The van der Waals surface area contributed by atoms with Gasteiger partial charge in [-0.1, -0.05) is 0 Å². The van der Waals surface area contributed by atoms with E-state index in [1.807, 2.05) is 0 Å². The molecule has 0 unspecified atom stereocenters. The Kier molecular flexibility index (Phi) is 1.87. The van der Waals surface area contributed by atoms with Crippen LogP contribution in [0.15, 0.2) is 0 Å². The number of carbonyl (C=O) groups is 2. The van der Waals surface area contributed by atoms with Crippen molar-refractivity contribution in [3.05, 3.63) is 0 Å². The summed E-state index contributed by atoms with van der Waals surface area (Å²) in [6.07, 6.45) is 4.72. The summed E-state index contributed by atoms with van der Waals surface area (Å²) < 4.78 is 0. The lowest BCUT2D eigenvalue weighted by atomic mass is 9.75. The van der Waals surface area contributed by atoms with E-state index in [9.17, 15) is 9.59 Å². The fourth-order valence-electron chi connectivity index (χ4n) is 2.97. The van der Waals surface area contributed by atoms with Crippen LogP contribution in [-0.2, 0) is 9.59 Å². The van der Waals surface area contributed by atoms with Crippen LogP contribution in [0.4, 0.5) is 0 Å². The minimum atomic E-state index is -0.381. The number of nitrogens with two attached hydrogens (primary N) is 1. The lowest BCUT2D eigenvalue weighted by molar-refractivity contribution is -0.134. The third kappa shape index (κ3) is 1.34. The van der Waals surface area contributed by atoms with E-state index < -0.39 is 0 Å². The predicted molar refractivity (Wildman–Crippen MR) is 57.4 cm³/mol. The lowest BCUT2D eigenvalue weighted by Crippen LogP contribution is -2.53. The fourth-order valence-corrected chi connectivity index (χ4v) is 2.97. The van der Waals surface area contributed by atoms with Crippen LogP contribution < -0.4 is 16.4 Å². The molecule has 3 fully saturated rings. The summed E-state index contributed by atoms with van der Waals surface area (Å²) in [4.78, 5) is 23.2. The van der Waals surface area contributed by atoms with Crippen LogP contribution in [0.2, 0.25) is 0 Å². The van der Waals surface area contributed by atoms with Gasteiger partial charge in [-0.25, -0.2) is 0 Å². The molecular formula is C11H17N3O2. The molecule has 2 amide bonds. The first-order valence-corrected chi connectivity index (χ1v) is 5.91. The zero-order valence-electron chi connectivity index (χ0n) is 9.21. The van der Waals surface area contributed by atoms with Crippen molar-refractivity contribution >= 4 is 11.8 Å². The van der Waals surface area contributed by atoms with Crippen LogP contribution in [0.3, 0.4) is 0 Å². The highest BCUT2D eigenvalue weighted by Crippen LogP contribution is 2.49. The third-order valence-corrected chi connectivity index (χ3v) is 4.42. The summed E-state index contributed by atoms with van der Waals surface area (Å²) in [6.45, 7) is 0.586. The van der Waals surface area contributed by atoms with Gasteiger partial charge in [0.05, 0.1) is 11.5 Å². The van der Waals surface area contributed by atoms with Crippen molar-refractivity contribution in [2.24, 2.45) is 11.1 Å². The van der Waals surface area contributed by atoms with Gasteiger partial charge in [-0.05, 0) is 32.1 Å². The molecule has 5 nitrogen and oxygen atoms in total. The average molecular weight is 223 g/mol. The summed E-state index contributed by atoms with van der Waals surface area (Å²) in [5.41, 5.74) is 5.00. The Morgan fingerprint density at radius 2 is 2.00 bits per heavy atom. The molecule has 0 radical (unpaired) electrons. The molecule has 1 saturated carbocycles. The molecule has 0 bridgehead atoms. The quantitative estimate of drug-likeness (QED) is 0.547. The molecule has 2 saturated heterocycles. The number of carbonyl (C=O) groups excluding carboxylic acids is 2. The van der Waals surface area contributed by atoms with Crippen molar-refractivity contribution in [1.82, 2.24) is 10.6 Å². The van der Waals surface area contributed by atoms with Crippen molar-refractivity contribution < 1.29 is 9.59 Å². The molecule has 2 atom stereocenters. The predicted octanol–water partition coefficient (Wildman–Crippen LogP) is -0.737. The van der Waals surface area contributed by atoms with Crippen molar-refractivity contribution in [3.63, 3.8) is 0 Å². The van der Waals surface area contributed by atoms with Crippen LogP contribution in [-0.4, -0.2) is 29.9 Å². The highest BCUT2D eigenvalue weighted by molar-refractivity contribution is 5.88. The standard InChI is InChI=1S/C11H17N3O2/c12-8(15)7-5-10(6-13-7)1-2-11(3-4-11)14-9(10)16/h7,13H,1-6H2,(H2,12,15)(H,14,16)/t7-,10-/m0/s1. The number of nitrogens with one attached hydrogen (secondary N) is 2. The normalized spacial score (nSPS) is 40.0. The third-order valence-electron chi connectivity index (χ3n) is 4.42. The van der Waals surface area contributed by atoms with E-state index in [4.69, 9.17) is 5.73 Å². The fraction of sp³-hybridized carbons (Fsp3) is 0.818. The molecule has 3 aliphatic rings. The molecule has 2 heterocycles. The second kappa shape index (κ2) is 2.97. The van der Waals surface area contributed by atoms with Crippen molar-refractivity contribution in [1.29, 1.82) is 0 Å². The number of hydrogen-bond acceptors (Lipinski definition) is 3. The minimum absolute atomic E-state index is 0.118. The number of primary amides is 1. The van der Waals surface area contributed by atoms with E-state index in [2.05, 4.69) is 10.6 Å². The number of piperidine rings is 1. The number of rotatable bonds is 1. The molecule has 4 N–H and O–H groups in total. The molecule has 0 aromatic carbocycles. The molecule has 88 valence electrons. The van der Waals surface area contributed by atoms with Gasteiger partial charge in [0.2, 0.25) is 11.8 Å². The Hall–Kier alpha value is -1.10. The molecule has 16 heavy (non-hydrogen) atoms. The Bertz CT molecular complexity index is 364. The second-order valence-corrected chi connectivity index (χ2v) is 5.55. The van der Waals surface area contributed by atoms with Gasteiger partial charge in [0.25, 0.3) is 0 Å². The zero-order chi connectivity index (χ0) is 11.4. The van der Waals surface area contributed by atoms with Gasteiger partial charge in [-0.15, -0.1) is 0 Å². The van der Waals surface area contributed by atoms with Gasteiger partial charge in [-0.2, -0.15) is 0 Å². The largest absolute Gasteiger partial charge is 0.368 e. The maximum absolute atomic E-state index is 12.1. The van der Waals surface area contributed by atoms with Crippen molar-refractivity contribution in [2.45, 2.75) is 43.7 Å². The molecule has 2 aliphatic heterocycles. The maximum Gasteiger partial charge on any atom is 0.234 e. The average Bonchev–Trinajstić information content (AvgIpc) is 2.84. The number of amides is 2. The van der Waals surface area contributed by atoms with Gasteiger partial charge in [0, 0.05) is 12.1 Å². The Morgan fingerprint density at radius 3 is 2.50 bits per heavy atom. The molecule has 1 aliphatic carbocycles. The van der Waals surface area contributed by atoms with E-state index >= 15 is 0 Å². The van der Waals surface area contributed by atoms with Crippen molar-refractivity contribution in [2.75, 3.05) is 6.54 Å². The van der Waals surface area contributed by atoms with Gasteiger partial charge >= 0.3 is 0 Å². The van der Waals surface area contributed by atoms with Gasteiger partial charge < -0.3 is 16.4 Å². The smallest absolute Gasteiger partial charge is 0.234 e. The summed E-state index contributed by atoms with van der Waals surface area (Å²) >= 11 is 0. The summed E-state index contributed by atoms with van der Waals surface area (Å²) in [6, 6.07) is -0.334. The molecule has 0 aromatic heterocycles. The monoisotopic (exact) mass is 223 g/mol. The van der Waals surface area contributed by atoms with Gasteiger partial charge in [0.15, 0.2) is 0 Å². The van der Waals surface area contributed by atoms with Crippen LogP contribution >= 0.6 is 0 Å². The minimum Gasteiger partial charge on any atom is -0.368 e. The Morgan fingerprint density at radius 1 is 1.31 bits per heavy atom.